The number of rotatable bonds is 5. The van der Waals surface area contributed by atoms with Crippen molar-refractivity contribution in [1.29, 1.82) is 0 Å². The molecular formula is C11H18. The minimum Gasteiger partial charge on any atom is -0.103 e. The minimum absolute atomic E-state index is 1.01. The number of hydrogen-bond acceptors (Lipinski definition) is 0. The Balaban J connectivity index is 4.46. The van der Waals surface area contributed by atoms with Crippen molar-refractivity contribution in [3.05, 3.63) is 36.5 Å². The molecule has 0 aromatic heterocycles. The molecule has 0 nitrogen and oxygen atoms in total. The largest absolute Gasteiger partial charge is 0.103 e. The summed E-state index contributed by atoms with van der Waals surface area (Å²) in [7, 11) is 0. The molecule has 0 unspecified atom stereocenters. The molecule has 0 N–H and O–H groups in total. The van der Waals surface area contributed by atoms with Crippen LogP contribution in [0.5, 0.6) is 0 Å². The predicted octanol–water partition coefficient (Wildman–Crippen LogP) is 3.87. The molecule has 0 fully saturated rings. The van der Waals surface area contributed by atoms with Crippen LogP contribution in [0, 0.1) is 0 Å². The van der Waals surface area contributed by atoms with E-state index in [2.05, 4.69) is 27.0 Å². The lowest BCUT2D eigenvalue weighted by Crippen LogP contribution is -1.85. The fourth-order valence-electron chi connectivity index (χ4n) is 1.22. The summed E-state index contributed by atoms with van der Waals surface area (Å²) in [5, 5.41) is 0. The highest BCUT2D eigenvalue weighted by Crippen LogP contribution is 2.16. The van der Waals surface area contributed by atoms with Gasteiger partial charge in [0.1, 0.15) is 0 Å². The maximum atomic E-state index is 3.79. The average Bonchev–Trinajstić information content (AvgIpc) is 2.05. The zero-order valence-electron chi connectivity index (χ0n) is 7.69. The third kappa shape index (κ3) is 3.22. The first kappa shape index (κ1) is 10.2. The summed E-state index contributed by atoms with van der Waals surface area (Å²) in [5.74, 6) is 0. The van der Waals surface area contributed by atoms with Crippen LogP contribution in [-0.4, -0.2) is 0 Å². The first-order valence-corrected chi connectivity index (χ1v) is 4.24. The van der Waals surface area contributed by atoms with E-state index >= 15 is 0 Å². The topological polar surface area (TPSA) is 0 Å². The van der Waals surface area contributed by atoms with E-state index in [1.54, 1.807) is 0 Å². The molecule has 0 heterocycles. The molecule has 0 saturated heterocycles. The van der Waals surface area contributed by atoms with Crippen molar-refractivity contribution < 1.29 is 0 Å². The normalized spacial score (nSPS) is 12.2. The lowest BCUT2D eigenvalue weighted by atomic mass is 10.0. The second-order valence-electron chi connectivity index (χ2n) is 2.53. The summed E-state index contributed by atoms with van der Waals surface area (Å²) >= 11 is 0. The molecule has 0 rings (SSSR count). The van der Waals surface area contributed by atoms with Gasteiger partial charge in [-0.05, 0) is 24.8 Å². The summed E-state index contributed by atoms with van der Waals surface area (Å²) in [6, 6.07) is 0. The molecule has 62 valence electrons. The second-order valence-corrected chi connectivity index (χ2v) is 2.53. The predicted molar refractivity (Wildman–Crippen MR) is 52.6 cm³/mol. The Bertz CT molecular complexity index is 161. The highest BCUT2D eigenvalue weighted by Gasteiger charge is 1.96. The molecule has 0 aliphatic heterocycles. The highest BCUT2D eigenvalue weighted by atomic mass is 14.0. The van der Waals surface area contributed by atoms with E-state index in [9.17, 15) is 0 Å². The van der Waals surface area contributed by atoms with Crippen molar-refractivity contribution >= 4 is 0 Å². The molecule has 0 heteroatoms. The van der Waals surface area contributed by atoms with E-state index in [0.29, 0.717) is 0 Å². The van der Waals surface area contributed by atoms with Crippen LogP contribution in [0.15, 0.2) is 36.5 Å². The lowest BCUT2D eigenvalue weighted by molar-refractivity contribution is 0.970. The van der Waals surface area contributed by atoms with Gasteiger partial charge in [0.05, 0.1) is 0 Å². The van der Waals surface area contributed by atoms with Crippen molar-refractivity contribution in [2.75, 3.05) is 0 Å². The minimum atomic E-state index is 1.01. The van der Waals surface area contributed by atoms with Gasteiger partial charge >= 0.3 is 0 Å². The molecular weight excluding hydrogens is 132 g/mol. The Kier molecular flexibility index (Phi) is 5.54. The van der Waals surface area contributed by atoms with E-state index in [4.69, 9.17) is 0 Å². The smallest absolute Gasteiger partial charge is 0.0136 e. The monoisotopic (exact) mass is 150 g/mol. The van der Waals surface area contributed by atoms with Crippen LogP contribution >= 0.6 is 0 Å². The number of allylic oxidation sites excluding steroid dienone is 4. The first-order chi connectivity index (χ1) is 5.29. The van der Waals surface area contributed by atoms with Gasteiger partial charge in [0, 0.05) is 0 Å². The van der Waals surface area contributed by atoms with Gasteiger partial charge in [-0.2, -0.15) is 0 Å². The molecule has 0 saturated carbocycles. The quantitative estimate of drug-likeness (QED) is 0.412. The molecule has 0 radical (unpaired) electrons. The van der Waals surface area contributed by atoms with Gasteiger partial charge in [0.2, 0.25) is 0 Å². The molecule has 0 aliphatic carbocycles. The fourth-order valence-corrected chi connectivity index (χ4v) is 1.22. The van der Waals surface area contributed by atoms with E-state index in [1.165, 1.54) is 11.1 Å². The van der Waals surface area contributed by atoms with E-state index in [-0.39, 0.29) is 0 Å². The van der Waals surface area contributed by atoms with Crippen LogP contribution in [0.2, 0.25) is 0 Å². The summed E-state index contributed by atoms with van der Waals surface area (Å²) in [5.41, 5.74) is 2.85. The summed E-state index contributed by atoms with van der Waals surface area (Å²) < 4.78 is 0. The zero-order chi connectivity index (χ0) is 8.69. The van der Waals surface area contributed by atoms with Crippen LogP contribution in [-0.2, 0) is 0 Å². The summed E-state index contributed by atoms with van der Waals surface area (Å²) in [6.45, 7) is 11.9. The third-order valence-corrected chi connectivity index (χ3v) is 1.90. The third-order valence-electron chi connectivity index (χ3n) is 1.90. The maximum absolute atomic E-state index is 3.79. The van der Waals surface area contributed by atoms with Gasteiger partial charge < -0.3 is 0 Å². The van der Waals surface area contributed by atoms with Crippen molar-refractivity contribution in [1.82, 2.24) is 0 Å². The van der Waals surface area contributed by atoms with Gasteiger partial charge in [0.25, 0.3) is 0 Å². The van der Waals surface area contributed by atoms with Crippen LogP contribution in [0.4, 0.5) is 0 Å². The van der Waals surface area contributed by atoms with E-state index < -0.39 is 0 Å². The molecule has 0 aromatic carbocycles. The van der Waals surface area contributed by atoms with Crippen LogP contribution in [0.1, 0.15) is 33.1 Å². The van der Waals surface area contributed by atoms with Crippen molar-refractivity contribution in [3.63, 3.8) is 0 Å². The Morgan fingerprint density at radius 2 is 1.82 bits per heavy atom. The van der Waals surface area contributed by atoms with Crippen molar-refractivity contribution in [2.24, 2.45) is 0 Å². The molecule has 0 amide bonds. The molecule has 0 aromatic rings. The van der Waals surface area contributed by atoms with Gasteiger partial charge in [-0.25, -0.2) is 0 Å². The van der Waals surface area contributed by atoms with Crippen LogP contribution < -0.4 is 0 Å². The van der Waals surface area contributed by atoms with Gasteiger partial charge in [-0.15, -0.1) is 6.58 Å². The van der Waals surface area contributed by atoms with Gasteiger partial charge in [-0.3, -0.25) is 0 Å². The fraction of sp³-hybridized carbons (Fsp3) is 0.455. The van der Waals surface area contributed by atoms with Gasteiger partial charge in [0.15, 0.2) is 0 Å². The maximum Gasteiger partial charge on any atom is -0.0136 e. The highest BCUT2D eigenvalue weighted by molar-refractivity contribution is 5.25. The Hall–Kier alpha value is -0.780. The molecule has 0 spiro atoms. The molecule has 0 bridgehead atoms. The standard InChI is InChI=1S/C11H18/c1-5-9-11(8-4)10(6-2)7-3/h5-6H,1-2,7-9H2,3-4H3. The lowest BCUT2D eigenvalue weighted by Gasteiger charge is -2.05. The Labute approximate surface area is 70.3 Å². The molecule has 0 aliphatic rings. The zero-order valence-corrected chi connectivity index (χ0v) is 7.69. The van der Waals surface area contributed by atoms with Crippen LogP contribution in [0.25, 0.3) is 0 Å². The number of hydrogen-bond donors (Lipinski definition) is 0. The van der Waals surface area contributed by atoms with Crippen molar-refractivity contribution in [2.45, 2.75) is 33.1 Å². The SMILES string of the molecule is C=CCC(CC)=C(C=C)CC. The first-order valence-electron chi connectivity index (χ1n) is 4.24. The summed E-state index contributed by atoms with van der Waals surface area (Å²) in [4.78, 5) is 0. The van der Waals surface area contributed by atoms with Crippen molar-refractivity contribution in [3.8, 4) is 0 Å². The Morgan fingerprint density at radius 3 is 2.09 bits per heavy atom. The average molecular weight is 150 g/mol. The van der Waals surface area contributed by atoms with E-state index in [0.717, 1.165) is 19.3 Å². The van der Waals surface area contributed by atoms with Crippen LogP contribution in [0.3, 0.4) is 0 Å². The van der Waals surface area contributed by atoms with E-state index in [1.807, 2.05) is 12.2 Å². The second kappa shape index (κ2) is 5.96. The molecule has 0 atom stereocenters. The Morgan fingerprint density at radius 1 is 1.18 bits per heavy atom. The summed E-state index contributed by atoms with van der Waals surface area (Å²) in [6.07, 6.45) is 7.12. The van der Waals surface area contributed by atoms with Gasteiger partial charge in [-0.1, -0.05) is 38.2 Å². The molecule has 11 heavy (non-hydrogen) atoms.